The molecular weight excluding hydrogens is 587 g/mol. The minimum Gasteiger partial charge on any atom is -0.476 e. The molecule has 3 aromatic heterocycles. The van der Waals surface area contributed by atoms with Crippen LogP contribution in [-0.4, -0.2) is 65.5 Å². The highest BCUT2D eigenvalue weighted by Gasteiger charge is 2.48. The summed E-state index contributed by atoms with van der Waals surface area (Å²) < 4.78 is 74.9. The fourth-order valence-electron chi connectivity index (χ4n) is 5.25. The summed E-state index contributed by atoms with van der Waals surface area (Å²) in [5, 5.41) is 7.10. The number of aromatic nitrogens is 4. The number of hydrogen-bond donors (Lipinski definition) is 2. The van der Waals surface area contributed by atoms with E-state index in [9.17, 15) is 26.4 Å². The summed E-state index contributed by atoms with van der Waals surface area (Å²) in [4.78, 5) is 24.4. The third-order valence-corrected chi connectivity index (χ3v) is 9.02. The normalized spacial score (nSPS) is 20.3. The van der Waals surface area contributed by atoms with Crippen LogP contribution in [0.3, 0.4) is 0 Å². The maximum atomic E-state index is 13.5. The second-order valence-electron chi connectivity index (χ2n) is 12.2. The van der Waals surface area contributed by atoms with Crippen LogP contribution in [-0.2, 0) is 10.0 Å². The molecule has 2 N–H and O–H groups in total. The SMILES string of the molecule is CC1(C)C[C@@H]2CCCNc3cccc(n3)S(=O)(=O)NC(=O)c3ccc(-n4ccc(OCC(C)(C)C(F)(F)F)n4)nc3N1C2. The summed E-state index contributed by atoms with van der Waals surface area (Å²) in [5.74, 6) is 0.327. The number of nitrogens with one attached hydrogen (secondary N) is 2. The zero-order valence-electron chi connectivity index (χ0n) is 24.3. The summed E-state index contributed by atoms with van der Waals surface area (Å²) in [6.45, 7) is 6.72. The lowest BCUT2D eigenvalue weighted by Gasteiger charge is -2.34. The van der Waals surface area contributed by atoms with Crippen LogP contribution in [0.1, 0.15) is 57.3 Å². The number of ether oxygens (including phenoxy) is 1. The van der Waals surface area contributed by atoms with Crippen molar-refractivity contribution >= 4 is 27.6 Å². The van der Waals surface area contributed by atoms with E-state index in [1.54, 1.807) is 12.1 Å². The third kappa shape index (κ3) is 6.40. The number of carbonyl (C=O) groups is 1. The topological polar surface area (TPSA) is 131 Å². The van der Waals surface area contributed by atoms with Crippen LogP contribution in [0.4, 0.5) is 24.8 Å². The van der Waals surface area contributed by atoms with Crippen molar-refractivity contribution in [3.8, 4) is 11.7 Å². The Morgan fingerprint density at radius 2 is 1.88 bits per heavy atom. The van der Waals surface area contributed by atoms with E-state index in [-0.39, 0.29) is 34.0 Å². The highest BCUT2D eigenvalue weighted by molar-refractivity contribution is 7.90. The zero-order chi connectivity index (χ0) is 31.2. The average molecular weight is 622 g/mol. The molecule has 5 heterocycles. The third-order valence-electron chi connectivity index (χ3n) is 7.79. The molecule has 0 unspecified atom stereocenters. The number of pyridine rings is 2. The average Bonchev–Trinajstić information content (AvgIpc) is 3.52. The van der Waals surface area contributed by atoms with Gasteiger partial charge in [-0.1, -0.05) is 6.07 Å². The van der Waals surface area contributed by atoms with E-state index in [0.717, 1.165) is 33.1 Å². The Morgan fingerprint density at radius 3 is 2.63 bits per heavy atom. The van der Waals surface area contributed by atoms with Crippen LogP contribution in [0.5, 0.6) is 5.88 Å². The first-order valence-electron chi connectivity index (χ1n) is 13.9. The molecule has 0 aromatic carbocycles. The molecule has 4 bridgehead atoms. The Bertz CT molecular complexity index is 1620. The molecule has 11 nitrogen and oxygen atoms in total. The van der Waals surface area contributed by atoms with Gasteiger partial charge in [-0.25, -0.2) is 19.4 Å². The number of anilines is 2. The van der Waals surface area contributed by atoms with Crippen molar-refractivity contribution in [3.05, 3.63) is 48.2 Å². The lowest BCUT2D eigenvalue weighted by atomic mass is 9.93. The molecule has 1 atom stereocenters. The van der Waals surface area contributed by atoms with Crippen molar-refractivity contribution in [2.75, 3.05) is 29.9 Å². The predicted octanol–water partition coefficient (Wildman–Crippen LogP) is 4.56. The molecule has 0 spiro atoms. The smallest absolute Gasteiger partial charge is 0.397 e. The number of hydrogen-bond acceptors (Lipinski definition) is 9. The van der Waals surface area contributed by atoms with Crippen molar-refractivity contribution in [1.29, 1.82) is 0 Å². The number of alkyl halides is 3. The van der Waals surface area contributed by atoms with E-state index in [1.807, 2.05) is 18.7 Å². The van der Waals surface area contributed by atoms with Gasteiger partial charge in [0.05, 0.1) is 11.0 Å². The summed E-state index contributed by atoms with van der Waals surface area (Å²) in [6, 6.07) is 8.90. The van der Waals surface area contributed by atoms with Gasteiger partial charge in [-0.3, -0.25) is 4.79 Å². The molecule has 2 aliphatic heterocycles. The van der Waals surface area contributed by atoms with Crippen LogP contribution in [0.2, 0.25) is 0 Å². The van der Waals surface area contributed by atoms with Gasteiger partial charge in [-0.2, -0.15) is 21.6 Å². The van der Waals surface area contributed by atoms with Gasteiger partial charge in [-0.15, -0.1) is 5.10 Å². The fraction of sp³-hybridized carbons (Fsp3) is 0.500. The van der Waals surface area contributed by atoms with Crippen LogP contribution < -0.4 is 19.7 Å². The maximum absolute atomic E-state index is 13.5. The van der Waals surface area contributed by atoms with Crippen LogP contribution in [0.15, 0.2) is 47.6 Å². The van der Waals surface area contributed by atoms with Crippen LogP contribution >= 0.6 is 0 Å². The van der Waals surface area contributed by atoms with Gasteiger partial charge in [0.2, 0.25) is 5.88 Å². The van der Waals surface area contributed by atoms with Crippen molar-refractivity contribution in [3.63, 3.8) is 0 Å². The first-order valence-corrected chi connectivity index (χ1v) is 15.4. The highest BCUT2D eigenvalue weighted by atomic mass is 32.2. The molecule has 2 aliphatic rings. The van der Waals surface area contributed by atoms with E-state index < -0.39 is 39.7 Å². The van der Waals surface area contributed by atoms with Crippen LogP contribution in [0.25, 0.3) is 5.82 Å². The summed E-state index contributed by atoms with van der Waals surface area (Å²) in [5.41, 5.74) is -2.45. The summed E-state index contributed by atoms with van der Waals surface area (Å²) in [7, 11) is -4.31. The van der Waals surface area contributed by atoms with Gasteiger partial charge in [0.1, 0.15) is 18.2 Å². The molecule has 0 saturated carbocycles. The molecule has 0 radical (unpaired) electrons. The standard InChI is InChI=1S/C28H34F3N7O4S/c1-26(2,28(29,30)31)17-42-22-12-14-38(35-22)21-11-10-19-24(34-21)37-16-18(15-27(37,3)4)7-6-13-32-20-8-5-9-23(33-20)43(40,41)36-25(19)39/h5,8-12,14,18H,6-7,13,15-17H2,1-4H3,(H,32,33)(H,36,39)/t18-/m0/s1. The van der Waals surface area contributed by atoms with Gasteiger partial charge < -0.3 is 15.0 Å². The molecule has 1 fully saturated rings. The Hall–Kier alpha value is -3.88. The minimum absolute atomic E-state index is 0.0241. The van der Waals surface area contributed by atoms with Crippen molar-refractivity contribution in [2.24, 2.45) is 11.3 Å². The lowest BCUT2D eigenvalue weighted by molar-refractivity contribution is -0.219. The monoisotopic (exact) mass is 621 g/mol. The summed E-state index contributed by atoms with van der Waals surface area (Å²) in [6.07, 6.45) is -0.429. The number of amides is 1. The van der Waals surface area contributed by atoms with Crippen LogP contribution in [0, 0.1) is 11.3 Å². The number of sulfonamides is 1. The highest BCUT2D eigenvalue weighted by Crippen LogP contribution is 2.40. The molecule has 3 aromatic rings. The first-order chi connectivity index (χ1) is 20.1. The second kappa shape index (κ2) is 11.0. The molecule has 15 heteroatoms. The fourth-order valence-corrected chi connectivity index (χ4v) is 6.18. The Morgan fingerprint density at radius 1 is 1.12 bits per heavy atom. The summed E-state index contributed by atoms with van der Waals surface area (Å²) >= 11 is 0. The number of halogens is 3. The van der Waals surface area contributed by atoms with Crippen molar-refractivity contribution in [2.45, 2.75) is 63.7 Å². The van der Waals surface area contributed by atoms with Gasteiger partial charge in [0, 0.05) is 30.9 Å². The van der Waals surface area contributed by atoms with Gasteiger partial charge >= 0.3 is 6.18 Å². The zero-order valence-corrected chi connectivity index (χ0v) is 25.1. The number of nitrogens with zero attached hydrogens (tertiary/aromatic N) is 5. The van der Waals surface area contributed by atoms with Crippen molar-refractivity contribution in [1.82, 2.24) is 24.5 Å². The van der Waals surface area contributed by atoms with Gasteiger partial charge in [0.25, 0.3) is 15.9 Å². The molecule has 5 rings (SSSR count). The Balaban J connectivity index is 1.51. The quantitative estimate of drug-likeness (QED) is 0.431. The Labute approximate surface area is 247 Å². The number of carbonyl (C=O) groups excluding carboxylic acids is 1. The lowest BCUT2D eigenvalue weighted by Crippen LogP contribution is -2.41. The van der Waals surface area contributed by atoms with Gasteiger partial charge in [-0.05, 0) is 77.1 Å². The largest absolute Gasteiger partial charge is 0.476 e. The molecule has 1 amide bonds. The maximum Gasteiger partial charge on any atom is 0.397 e. The molecule has 232 valence electrons. The predicted molar refractivity (Wildman–Crippen MR) is 153 cm³/mol. The molecule has 0 aliphatic carbocycles. The Kier molecular flexibility index (Phi) is 7.82. The number of rotatable bonds is 4. The second-order valence-corrected chi connectivity index (χ2v) is 13.8. The molecular formula is C28H34F3N7O4S. The number of fused-ring (bicyclic) bond motifs is 6. The minimum atomic E-state index is -4.45. The molecule has 43 heavy (non-hydrogen) atoms. The van der Waals surface area contributed by atoms with E-state index >= 15 is 0 Å². The van der Waals surface area contributed by atoms with E-state index in [1.165, 1.54) is 35.1 Å². The first kappa shape index (κ1) is 30.6. The van der Waals surface area contributed by atoms with E-state index in [0.29, 0.717) is 18.9 Å². The van der Waals surface area contributed by atoms with Gasteiger partial charge in [0.15, 0.2) is 10.8 Å². The van der Waals surface area contributed by atoms with E-state index in [2.05, 4.69) is 20.1 Å². The van der Waals surface area contributed by atoms with E-state index in [4.69, 9.17) is 9.72 Å². The molecule has 1 saturated heterocycles. The van der Waals surface area contributed by atoms with Crippen molar-refractivity contribution < 1.29 is 31.1 Å².